The zero-order valence-electron chi connectivity index (χ0n) is 9.62. The van der Waals surface area contributed by atoms with Gasteiger partial charge in [0.1, 0.15) is 0 Å². The Kier molecular flexibility index (Phi) is 3.93. The number of tetrazole rings is 1. The lowest BCUT2D eigenvalue weighted by molar-refractivity contribution is 0.684. The highest BCUT2D eigenvalue weighted by Crippen LogP contribution is 2.12. The predicted molar refractivity (Wildman–Crippen MR) is 67.0 cm³/mol. The van der Waals surface area contributed by atoms with Gasteiger partial charge in [0, 0.05) is 26.0 Å². The van der Waals surface area contributed by atoms with E-state index in [9.17, 15) is 0 Å². The van der Waals surface area contributed by atoms with Crippen LogP contribution in [0.3, 0.4) is 0 Å². The minimum atomic E-state index is 0.541. The SMILES string of the molecule is Cn1nnnc1N(CCCl)Cc1ccccc1. The molecule has 0 atom stereocenters. The summed E-state index contributed by atoms with van der Waals surface area (Å²) in [5, 5.41) is 11.5. The van der Waals surface area contributed by atoms with Crippen LogP contribution in [0.5, 0.6) is 0 Å². The minimum Gasteiger partial charge on any atom is -0.334 e. The number of alkyl halides is 1. The van der Waals surface area contributed by atoms with Gasteiger partial charge in [-0.15, -0.1) is 11.6 Å². The van der Waals surface area contributed by atoms with Crippen molar-refractivity contribution in [1.82, 2.24) is 20.2 Å². The molecule has 5 nitrogen and oxygen atoms in total. The van der Waals surface area contributed by atoms with E-state index in [1.807, 2.05) is 25.2 Å². The molecular weight excluding hydrogens is 238 g/mol. The molecule has 90 valence electrons. The van der Waals surface area contributed by atoms with Crippen molar-refractivity contribution in [3.05, 3.63) is 35.9 Å². The molecule has 1 aromatic heterocycles. The van der Waals surface area contributed by atoms with Crippen LogP contribution in [0, 0.1) is 0 Å². The standard InChI is InChI=1S/C11H14ClN5/c1-16-11(13-14-15-16)17(8-7-12)9-10-5-3-2-4-6-10/h2-6H,7-9H2,1H3. The molecule has 0 amide bonds. The second-order valence-corrected chi connectivity index (χ2v) is 4.08. The average Bonchev–Trinajstić information content (AvgIpc) is 2.76. The van der Waals surface area contributed by atoms with Crippen molar-refractivity contribution in [2.45, 2.75) is 6.54 Å². The summed E-state index contributed by atoms with van der Waals surface area (Å²) in [5.74, 6) is 1.27. The zero-order valence-corrected chi connectivity index (χ0v) is 10.4. The molecule has 1 heterocycles. The van der Waals surface area contributed by atoms with Crippen LogP contribution in [0.15, 0.2) is 30.3 Å². The number of hydrogen-bond donors (Lipinski definition) is 0. The predicted octanol–water partition coefficient (Wildman–Crippen LogP) is 1.46. The van der Waals surface area contributed by atoms with Gasteiger partial charge >= 0.3 is 0 Å². The number of nitrogens with zero attached hydrogens (tertiary/aromatic N) is 5. The Morgan fingerprint density at radius 1 is 1.29 bits per heavy atom. The summed E-state index contributed by atoms with van der Waals surface area (Å²) in [7, 11) is 1.82. The molecule has 0 aliphatic rings. The highest BCUT2D eigenvalue weighted by molar-refractivity contribution is 6.18. The summed E-state index contributed by atoms with van der Waals surface area (Å²) in [4.78, 5) is 2.06. The highest BCUT2D eigenvalue weighted by Gasteiger charge is 2.12. The van der Waals surface area contributed by atoms with E-state index in [-0.39, 0.29) is 0 Å². The zero-order chi connectivity index (χ0) is 12.1. The van der Waals surface area contributed by atoms with Gasteiger partial charge < -0.3 is 4.90 Å². The fourth-order valence-electron chi connectivity index (χ4n) is 1.65. The third-order valence-corrected chi connectivity index (χ3v) is 2.62. The second-order valence-electron chi connectivity index (χ2n) is 3.70. The Morgan fingerprint density at radius 2 is 2.06 bits per heavy atom. The smallest absolute Gasteiger partial charge is 0.245 e. The first-order chi connectivity index (χ1) is 8.31. The first kappa shape index (κ1) is 11.9. The summed E-state index contributed by atoms with van der Waals surface area (Å²) >= 11 is 5.81. The average molecular weight is 252 g/mol. The molecule has 6 heteroatoms. The molecule has 0 aliphatic carbocycles. The van der Waals surface area contributed by atoms with Crippen molar-refractivity contribution >= 4 is 17.5 Å². The largest absolute Gasteiger partial charge is 0.334 e. The normalized spacial score (nSPS) is 10.5. The van der Waals surface area contributed by atoms with E-state index in [1.54, 1.807) is 4.68 Å². The van der Waals surface area contributed by atoms with Gasteiger partial charge in [0.2, 0.25) is 5.95 Å². The van der Waals surface area contributed by atoms with E-state index in [4.69, 9.17) is 11.6 Å². The number of rotatable bonds is 5. The number of hydrogen-bond acceptors (Lipinski definition) is 4. The van der Waals surface area contributed by atoms with Gasteiger partial charge in [0.15, 0.2) is 0 Å². The summed E-state index contributed by atoms with van der Waals surface area (Å²) in [6.07, 6.45) is 0. The Morgan fingerprint density at radius 3 is 2.65 bits per heavy atom. The van der Waals surface area contributed by atoms with E-state index in [0.29, 0.717) is 12.4 Å². The number of aromatic nitrogens is 4. The molecule has 17 heavy (non-hydrogen) atoms. The molecule has 0 spiro atoms. The summed E-state index contributed by atoms with van der Waals surface area (Å²) in [6.45, 7) is 1.46. The van der Waals surface area contributed by atoms with Crippen LogP contribution >= 0.6 is 11.6 Å². The van der Waals surface area contributed by atoms with Crippen molar-refractivity contribution < 1.29 is 0 Å². The highest BCUT2D eigenvalue weighted by atomic mass is 35.5. The van der Waals surface area contributed by atoms with Crippen LogP contribution in [0.2, 0.25) is 0 Å². The molecular formula is C11H14ClN5. The number of benzene rings is 1. The van der Waals surface area contributed by atoms with Crippen LogP contribution < -0.4 is 4.90 Å². The van der Waals surface area contributed by atoms with Gasteiger partial charge in [0.25, 0.3) is 0 Å². The second kappa shape index (κ2) is 5.63. The van der Waals surface area contributed by atoms with Crippen molar-refractivity contribution in [2.24, 2.45) is 7.05 Å². The molecule has 0 saturated heterocycles. The molecule has 0 unspecified atom stereocenters. The van der Waals surface area contributed by atoms with Crippen molar-refractivity contribution in [2.75, 3.05) is 17.3 Å². The van der Waals surface area contributed by atoms with E-state index >= 15 is 0 Å². The maximum atomic E-state index is 5.81. The summed E-state index contributed by atoms with van der Waals surface area (Å²) < 4.78 is 1.65. The van der Waals surface area contributed by atoms with Crippen molar-refractivity contribution in [3.63, 3.8) is 0 Å². The third kappa shape index (κ3) is 2.94. The molecule has 2 aromatic rings. The lowest BCUT2D eigenvalue weighted by Crippen LogP contribution is -2.27. The van der Waals surface area contributed by atoms with Crippen LogP contribution in [-0.4, -0.2) is 32.6 Å². The Bertz CT molecular complexity index is 456. The van der Waals surface area contributed by atoms with Crippen molar-refractivity contribution in [3.8, 4) is 0 Å². The topological polar surface area (TPSA) is 46.8 Å². The van der Waals surface area contributed by atoms with Gasteiger partial charge in [-0.25, -0.2) is 4.68 Å². The molecule has 0 aliphatic heterocycles. The van der Waals surface area contributed by atoms with Crippen LogP contribution in [-0.2, 0) is 13.6 Å². The maximum absolute atomic E-state index is 5.81. The number of anilines is 1. The molecule has 0 N–H and O–H groups in total. The fourth-order valence-corrected chi connectivity index (χ4v) is 1.85. The summed E-state index contributed by atoms with van der Waals surface area (Å²) in [5.41, 5.74) is 1.21. The minimum absolute atomic E-state index is 0.541. The van der Waals surface area contributed by atoms with Crippen molar-refractivity contribution in [1.29, 1.82) is 0 Å². The molecule has 0 fully saturated rings. The van der Waals surface area contributed by atoms with E-state index in [0.717, 1.165) is 12.5 Å². The Labute approximate surface area is 105 Å². The van der Waals surface area contributed by atoms with Gasteiger partial charge in [-0.3, -0.25) is 0 Å². The van der Waals surface area contributed by atoms with Crippen LogP contribution in [0.4, 0.5) is 5.95 Å². The lowest BCUT2D eigenvalue weighted by Gasteiger charge is -2.21. The van der Waals surface area contributed by atoms with E-state index in [2.05, 4.69) is 32.6 Å². The maximum Gasteiger partial charge on any atom is 0.245 e. The fraction of sp³-hybridized carbons (Fsp3) is 0.364. The molecule has 2 rings (SSSR count). The summed E-state index contributed by atoms with van der Waals surface area (Å²) in [6, 6.07) is 10.2. The Hall–Kier alpha value is -1.62. The monoisotopic (exact) mass is 251 g/mol. The molecule has 0 bridgehead atoms. The van der Waals surface area contributed by atoms with Gasteiger partial charge in [0.05, 0.1) is 0 Å². The molecule has 0 saturated carbocycles. The van der Waals surface area contributed by atoms with Crippen LogP contribution in [0.25, 0.3) is 0 Å². The quantitative estimate of drug-likeness (QED) is 0.755. The third-order valence-electron chi connectivity index (χ3n) is 2.45. The first-order valence-electron chi connectivity index (χ1n) is 5.38. The lowest BCUT2D eigenvalue weighted by atomic mass is 10.2. The number of aryl methyl sites for hydroxylation is 1. The number of halogens is 1. The van der Waals surface area contributed by atoms with E-state index < -0.39 is 0 Å². The molecule has 0 radical (unpaired) electrons. The molecule has 1 aromatic carbocycles. The van der Waals surface area contributed by atoms with Gasteiger partial charge in [-0.1, -0.05) is 35.4 Å². The van der Waals surface area contributed by atoms with E-state index in [1.165, 1.54) is 5.56 Å². The van der Waals surface area contributed by atoms with Gasteiger partial charge in [-0.2, -0.15) is 0 Å². The first-order valence-corrected chi connectivity index (χ1v) is 5.92. The van der Waals surface area contributed by atoms with Crippen LogP contribution in [0.1, 0.15) is 5.56 Å². The Balaban J connectivity index is 2.16. The van der Waals surface area contributed by atoms with Gasteiger partial charge in [-0.05, 0) is 16.0 Å².